The highest BCUT2D eigenvalue weighted by Gasteiger charge is 2.11. The number of thiophene rings is 1. The monoisotopic (exact) mass is 266 g/mol. The maximum atomic E-state index is 5.85. The van der Waals surface area contributed by atoms with Gasteiger partial charge in [0.25, 0.3) is 0 Å². The van der Waals surface area contributed by atoms with Crippen LogP contribution in [0.2, 0.25) is 5.15 Å². The van der Waals surface area contributed by atoms with Crippen LogP contribution in [-0.4, -0.2) is 4.98 Å². The van der Waals surface area contributed by atoms with Crippen molar-refractivity contribution in [2.75, 3.05) is 5.32 Å². The molecule has 1 atom stereocenters. The van der Waals surface area contributed by atoms with Gasteiger partial charge in [0.2, 0.25) is 0 Å². The molecule has 0 amide bonds. The molecule has 0 fully saturated rings. The van der Waals surface area contributed by atoms with E-state index in [1.54, 1.807) is 11.3 Å². The summed E-state index contributed by atoms with van der Waals surface area (Å²) in [5, 5.41) is 6.16. The molecule has 90 valence electrons. The zero-order valence-electron chi connectivity index (χ0n) is 9.90. The minimum atomic E-state index is 0.344. The van der Waals surface area contributed by atoms with E-state index in [4.69, 9.17) is 11.6 Å². The first-order valence-corrected chi connectivity index (χ1v) is 6.89. The van der Waals surface area contributed by atoms with Gasteiger partial charge in [-0.3, -0.25) is 0 Å². The molecule has 1 N–H and O–H groups in total. The smallest absolute Gasteiger partial charge is 0.129 e. The molecule has 2 aromatic rings. The van der Waals surface area contributed by atoms with Crippen molar-refractivity contribution in [2.45, 2.75) is 26.3 Å². The molecule has 0 aliphatic heterocycles. The minimum Gasteiger partial charge on any atom is -0.376 e. The molecule has 2 aromatic heterocycles. The largest absolute Gasteiger partial charge is 0.376 e. The van der Waals surface area contributed by atoms with Crippen LogP contribution < -0.4 is 5.32 Å². The van der Waals surface area contributed by atoms with Crippen LogP contribution in [0.15, 0.2) is 29.6 Å². The highest BCUT2D eigenvalue weighted by atomic mass is 35.5. The van der Waals surface area contributed by atoms with Gasteiger partial charge < -0.3 is 5.32 Å². The van der Waals surface area contributed by atoms with Crippen LogP contribution in [0.25, 0.3) is 0 Å². The van der Waals surface area contributed by atoms with Gasteiger partial charge in [0, 0.05) is 4.88 Å². The fourth-order valence-electron chi connectivity index (χ4n) is 1.73. The van der Waals surface area contributed by atoms with Crippen LogP contribution in [0.1, 0.15) is 30.0 Å². The first-order chi connectivity index (χ1) is 8.20. The number of pyridine rings is 1. The predicted molar refractivity (Wildman–Crippen MR) is 75.0 cm³/mol. The van der Waals surface area contributed by atoms with Crippen LogP contribution in [0.3, 0.4) is 0 Å². The third-order valence-electron chi connectivity index (χ3n) is 2.68. The first kappa shape index (κ1) is 12.4. The third kappa shape index (κ3) is 2.99. The highest BCUT2D eigenvalue weighted by molar-refractivity contribution is 7.10. The standard InChI is InChI=1S/C13H15ClN2S/c1-3-10(12-5-4-8-17-12)16-11-6-7-13(14)15-9(11)2/h4-8,10,16H,3H2,1-2H3. The molecule has 0 radical (unpaired) electrons. The van der Waals surface area contributed by atoms with Crippen LogP contribution in [-0.2, 0) is 0 Å². The maximum absolute atomic E-state index is 5.85. The summed E-state index contributed by atoms with van der Waals surface area (Å²) in [5.74, 6) is 0. The number of nitrogens with zero attached hydrogens (tertiary/aromatic N) is 1. The van der Waals surface area contributed by atoms with E-state index in [0.717, 1.165) is 17.8 Å². The second-order valence-electron chi connectivity index (χ2n) is 3.89. The van der Waals surface area contributed by atoms with Gasteiger partial charge in [-0.25, -0.2) is 4.98 Å². The summed E-state index contributed by atoms with van der Waals surface area (Å²) in [6.45, 7) is 4.14. The summed E-state index contributed by atoms with van der Waals surface area (Å²) < 4.78 is 0. The van der Waals surface area contributed by atoms with Crippen molar-refractivity contribution in [2.24, 2.45) is 0 Å². The minimum absolute atomic E-state index is 0.344. The van der Waals surface area contributed by atoms with Crippen molar-refractivity contribution in [3.05, 3.63) is 45.4 Å². The van der Waals surface area contributed by atoms with E-state index in [-0.39, 0.29) is 0 Å². The van der Waals surface area contributed by atoms with E-state index in [1.165, 1.54) is 4.88 Å². The van der Waals surface area contributed by atoms with Gasteiger partial charge in [0.05, 0.1) is 17.4 Å². The third-order valence-corrected chi connectivity index (χ3v) is 3.87. The van der Waals surface area contributed by atoms with Crippen LogP contribution in [0.4, 0.5) is 5.69 Å². The fraction of sp³-hybridized carbons (Fsp3) is 0.308. The van der Waals surface area contributed by atoms with Crippen molar-refractivity contribution in [3.8, 4) is 0 Å². The Bertz CT molecular complexity index is 482. The average Bonchev–Trinajstić information content (AvgIpc) is 2.81. The van der Waals surface area contributed by atoms with Crippen molar-refractivity contribution in [1.29, 1.82) is 0 Å². The highest BCUT2D eigenvalue weighted by Crippen LogP contribution is 2.27. The Morgan fingerprint density at radius 3 is 2.82 bits per heavy atom. The lowest BCUT2D eigenvalue weighted by Gasteiger charge is -2.18. The second kappa shape index (κ2) is 5.52. The number of halogens is 1. The van der Waals surface area contributed by atoms with Gasteiger partial charge >= 0.3 is 0 Å². The van der Waals surface area contributed by atoms with Crippen molar-refractivity contribution >= 4 is 28.6 Å². The fourth-order valence-corrected chi connectivity index (χ4v) is 2.79. The lowest BCUT2D eigenvalue weighted by molar-refractivity contribution is 0.761. The number of hydrogen-bond donors (Lipinski definition) is 1. The molecule has 0 aliphatic carbocycles. The molecule has 17 heavy (non-hydrogen) atoms. The molecule has 0 saturated heterocycles. The Morgan fingerprint density at radius 1 is 1.41 bits per heavy atom. The lowest BCUT2D eigenvalue weighted by Crippen LogP contribution is -2.09. The van der Waals surface area contributed by atoms with Crippen molar-refractivity contribution in [1.82, 2.24) is 4.98 Å². The molecule has 2 nitrogen and oxygen atoms in total. The molecule has 2 heterocycles. The summed E-state index contributed by atoms with van der Waals surface area (Å²) in [5.41, 5.74) is 1.99. The zero-order valence-corrected chi connectivity index (χ0v) is 11.5. The second-order valence-corrected chi connectivity index (χ2v) is 5.25. The number of anilines is 1. The molecule has 0 spiro atoms. The SMILES string of the molecule is CCC(Nc1ccc(Cl)nc1C)c1cccs1. The number of hydrogen-bond acceptors (Lipinski definition) is 3. The quantitative estimate of drug-likeness (QED) is 0.814. The zero-order chi connectivity index (χ0) is 12.3. The average molecular weight is 267 g/mol. The molecule has 0 bridgehead atoms. The lowest BCUT2D eigenvalue weighted by atomic mass is 10.1. The van der Waals surface area contributed by atoms with E-state index in [9.17, 15) is 0 Å². The Morgan fingerprint density at radius 2 is 2.24 bits per heavy atom. The number of rotatable bonds is 4. The Labute approximate surface area is 111 Å². The van der Waals surface area contributed by atoms with Crippen molar-refractivity contribution < 1.29 is 0 Å². The molecule has 0 aromatic carbocycles. The van der Waals surface area contributed by atoms with Crippen LogP contribution in [0.5, 0.6) is 0 Å². The Balaban J connectivity index is 2.19. The Kier molecular flexibility index (Phi) is 4.02. The molecular formula is C13H15ClN2S. The van der Waals surface area contributed by atoms with Crippen molar-refractivity contribution in [3.63, 3.8) is 0 Å². The van der Waals surface area contributed by atoms with Gasteiger partial charge in [-0.15, -0.1) is 11.3 Å². The summed E-state index contributed by atoms with van der Waals surface area (Å²) >= 11 is 7.62. The van der Waals surface area contributed by atoms with Gasteiger partial charge in [0.1, 0.15) is 5.15 Å². The normalized spacial score (nSPS) is 12.4. The summed E-state index contributed by atoms with van der Waals surface area (Å²) in [7, 11) is 0. The van der Waals surface area contributed by atoms with Gasteiger partial charge in [-0.2, -0.15) is 0 Å². The molecule has 0 saturated carbocycles. The van der Waals surface area contributed by atoms with Crippen LogP contribution in [0, 0.1) is 6.92 Å². The number of aromatic nitrogens is 1. The summed E-state index contributed by atoms with van der Waals surface area (Å²) in [4.78, 5) is 5.60. The summed E-state index contributed by atoms with van der Waals surface area (Å²) in [6, 6.07) is 8.39. The summed E-state index contributed by atoms with van der Waals surface area (Å²) in [6.07, 6.45) is 1.04. The molecule has 1 unspecified atom stereocenters. The van der Waals surface area contributed by atoms with E-state index in [1.807, 2.05) is 19.1 Å². The van der Waals surface area contributed by atoms with E-state index in [0.29, 0.717) is 11.2 Å². The molecule has 0 aliphatic rings. The molecular weight excluding hydrogens is 252 g/mol. The predicted octanol–water partition coefficient (Wildman–Crippen LogP) is 4.67. The number of nitrogens with one attached hydrogen (secondary N) is 1. The topological polar surface area (TPSA) is 24.9 Å². The van der Waals surface area contributed by atoms with Gasteiger partial charge in [-0.05, 0) is 36.9 Å². The molecule has 2 rings (SSSR count). The van der Waals surface area contributed by atoms with Gasteiger partial charge in [0.15, 0.2) is 0 Å². The number of aryl methyl sites for hydroxylation is 1. The van der Waals surface area contributed by atoms with E-state index < -0.39 is 0 Å². The van der Waals surface area contributed by atoms with E-state index >= 15 is 0 Å². The Hall–Kier alpha value is -1.06. The first-order valence-electron chi connectivity index (χ1n) is 5.63. The molecule has 4 heteroatoms. The van der Waals surface area contributed by atoms with E-state index in [2.05, 4.69) is 34.7 Å². The maximum Gasteiger partial charge on any atom is 0.129 e. The van der Waals surface area contributed by atoms with Crippen LogP contribution >= 0.6 is 22.9 Å². The van der Waals surface area contributed by atoms with Gasteiger partial charge in [-0.1, -0.05) is 24.6 Å².